The van der Waals surface area contributed by atoms with Gasteiger partial charge in [0.15, 0.2) is 0 Å². The third kappa shape index (κ3) is 4.57. The SMILES string of the molecule is C[C@](C(=O)O)(C1CCC1)N1C[C@H](CN2CCC(c3cn4ccccc4n3)CC2)[C@@H](c2cccc(F)c2)C1. The number of hydrogen-bond acceptors (Lipinski definition) is 4. The number of imidazole rings is 1. The molecule has 0 unspecified atom stereocenters. The van der Waals surface area contributed by atoms with Crippen LogP contribution in [0.2, 0.25) is 0 Å². The molecule has 0 radical (unpaired) electrons. The highest BCUT2D eigenvalue weighted by Gasteiger charge is 2.52. The van der Waals surface area contributed by atoms with E-state index in [1.807, 2.05) is 37.4 Å². The van der Waals surface area contributed by atoms with Crippen molar-refractivity contribution in [3.8, 4) is 0 Å². The van der Waals surface area contributed by atoms with Gasteiger partial charge in [0.1, 0.15) is 17.0 Å². The molecule has 0 amide bonds. The van der Waals surface area contributed by atoms with Crippen molar-refractivity contribution in [3.05, 3.63) is 71.9 Å². The minimum atomic E-state index is -0.852. The molecule has 0 bridgehead atoms. The van der Waals surface area contributed by atoms with E-state index < -0.39 is 11.5 Å². The van der Waals surface area contributed by atoms with E-state index in [1.54, 1.807) is 12.1 Å². The molecule has 3 atom stereocenters. The zero-order valence-corrected chi connectivity index (χ0v) is 21.6. The fraction of sp³-hybridized carbons (Fsp3) is 0.533. The molecule has 0 spiro atoms. The van der Waals surface area contributed by atoms with Gasteiger partial charge in [-0.05, 0) is 87.4 Å². The highest BCUT2D eigenvalue weighted by Crippen LogP contribution is 2.45. The predicted octanol–water partition coefficient (Wildman–Crippen LogP) is 5.01. The number of halogens is 1. The van der Waals surface area contributed by atoms with Crippen LogP contribution in [0.1, 0.15) is 62.1 Å². The molecular weight excluding hydrogens is 467 g/mol. The number of rotatable bonds is 7. The maximum absolute atomic E-state index is 14.2. The van der Waals surface area contributed by atoms with Gasteiger partial charge in [0.05, 0.1) is 5.69 Å². The standard InChI is InChI=1S/C30H37FN4O2/c1-30(29(36)37,24-7-5-8-24)35-18-23(26(19-35)22-6-4-9-25(31)16-22)17-33-14-11-21(12-15-33)27-20-34-13-3-2-10-28(34)32-27/h2-4,6,9-10,13,16,20-21,23-24,26H,5,7-8,11-12,14-15,17-19H2,1H3,(H,36,37)/t23-,26+,30+/m0/s1. The van der Waals surface area contributed by atoms with Crippen molar-refractivity contribution in [1.82, 2.24) is 19.2 Å². The average Bonchev–Trinajstić information content (AvgIpc) is 3.48. The van der Waals surface area contributed by atoms with Gasteiger partial charge in [0.25, 0.3) is 0 Å². The first-order valence-electron chi connectivity index (χ1n) is 13.8. The fourth-order valence-electron chi connectivity index (χ4n) is 6.98. The van der Waals surface area contributed by atoms with Crippen molar-refractivity contribution in [1.29, 1.82) is 0 Å². The molecule has 1 aliphatic carbocycles. The summed E-state index contributed by atoms with van der Waals surface area (Å²) < 4.78 is 16.3. The first-order valence-corrected chi connectivity index (χ1v) is 13.8. The van der Waals surface area contributed by atoms with Gasteiger partial charge in [0.2, 0.25) is 0 Å². The number of aliphatic carboxylic acids is 1. The van der Waals surface area contributed by atoms with Crippen molar-refractivity contribution in [2.45, 2.75) is 56.4 Å². The number of carbonyl (C=O) groups is 1. The molecule has 2 saturated heterocycles. The number of fused-ring (bicyclic) bond motifs is 1. The minimum absolute atomic E-state index is 0.130. The van der Waals surface area contributed by atoms with E-state index >= 15 is 0 Å². The lowest BCUT2D eigenvalue weighted by Gasteiger charge is -2.45. The number of carboxylic acid groups (broad SMARTS) is 1. The Morgan fingerprint density at radius 1 is 1.11 bits per heavy atom. The lowest BCUT2D eigenvalue weighted by Crippen LogP contribution is -2.58. The summed E-state index contributed by atoms with van der Waals surface area (Å²) in [6.07, 6.45) is 9.42. The second kappa shape index (κ2) is 9.84. The van der Waals surface area contributed by atoms with Crippen LogP contribution in [0, 0.1) is 17.7 Å². The van der Waals surface area contributed by atoms with E-state index in [9.17, 15) is 14.3 Å². The summed E-state index contributed by atoms with van der Waals surface area (Å²) in [6.45, 7) is 6.26. The second-order valence-electron chi connectivity index (χ2n) is 11.6. The molecule has 1 aromatic carbocycles. The van der Waals surface area contributed by atoms with Crippen molar-refractivity contribution >= 4 is 11.6 Å². The molecule has 2 aromatic heterocycles. The van der Waals surface area contributed by atoms with E-state index in [-0.39, 0.29) is 23.6 Å². The summed E-state index contributed by atoms with van der Waals surface area (Å²) in [6, 6.07) is 13.0. The van der Waals surface area contributed by atoms with Crippen molar-refractivity contribution in [2.75, 3.05) is 32.7 Å². The Labute approximate surface area is 218 Å². The monoisotopic (exact) mass is 504 g/mol. The van der Waals surface area contributed by atoms with Crippen LogP contribution in [0.3, 0.4) is 0 Å². The molecule has 1 N–H and O–H groups in total. The van der Waals surface area contributed by atoms with Crippen LogP contribution in [0.25, 0.3) is 5.65 Å². The number of nitrogens with zero attached hydrogens (tertiary/aromatic N) is 4. The highest BCUT2D eigenvalue weighted by molar-refractivity contribution is 5.79. The Balaban J connectivity index is 1.17. The van der Waals surface area contributed by atoms with Gasteiger partial charge in [-0.1, -0.05) is 24.6 Å². The van der Waals surface area contributed by atoms with Crippen molar-refractivity contribution in [2.24, 2.45) is 11.8 Å². The number of carboxylic acids is 1. The Morgan fingerprint density at radius 3 is 2.59 bits per heavy atom. The second-order valence-corrected chi connectivity index (χ2v) is 11.6. The van der Waals surface area contributed by atoms with Gasteiger partial charge in [-0.2, -0.15) is 0 Å². The third-order valence-electron chi connectivity index (χ3n) is 9.59. The molecule has 6 rings (SSSR count). The molecule has 7 heteroatoms. The maximum atomic E-state index is 14.2. The van der Waals surface area contributed by atoms with Crippen LogP contribution < -0.4 is 0 Å². The summed E-state index contributed by atoms with van der Waals surface area (Å²) in [5.74, 6) is 0.118. The van der Waals surface area contributed by atoms with E-state index in [2.05, 4.69) is 20.4 Å². The quantitative estimate of drug-likeness (QED) is 0.490. The normalized spacial score (nSPS) is 25.8. The molecule has 6 nitrogen and oxygen atoms in total. The zero-order valence-electron chi connectivity index (χ0n) is 21.6. The summed E-state index contributed by atoms with van der Waals surface area (Å²) in [5, 5.41) is 10.3. The molecule has 2 aliphatic heterocycles. The Kier molecular flexibility index (Phi) is 6.53. The smallest absolute Gasteiger partial charge is 0.324 e. The topological polar surface area (TPSA) is 61.1 Å². The molecule has 3 fully saturated rings. The zero-order chi connectivity index (χ0) is 25.6. The number of hydrogen-bond donors (Lipinski definition) is 1. The van der Waals surface area contributed by atoms with Gasteiger partial charge < -0.3 is 14.4 Å². The summed E-state index contributed by atoms with van der Waals surface area (Å²) >= 11 is 0. The Hall–Kier alpha value is -2.77. The lowest BCUT2D eigenvalue weighted by atomic mass is 9.70. The van der Waals surface area contributed by atoms with Gasteiger partial charge in [-0.15, -0.1) is 0 Å². The van der Waals surface area contributed by atoms with Crippen LogP contribution in [0.4, 0.5) is 4.39 Å². The lowest BCUT2D eigenvalue weighted by molar-refractivity contribution is -0.156. The molecule has 3 aliphatic rings. The Bertz CT molecular complexity index is 1230. The molecule has 4 heterocycles. The number of pyridine rings is 1. The largest absolute Gasteiger partial charge is 0.480 e. The van der Waals surface area contributed by atoms with Crippen LogP contribution in [-0.4, -0.2) is 68.5 Å². The molecular formula is C30H37FN4O2. The van der Waals surface area contributed by atoms with Crippen LogP contribution in [0.15, 0.2) is 54.9 Å². The first-order chi connectivity index (χ1) is 17.9. The first kappa shape index (κ1) is 24.6. The van der Waals surface area contributed by atoms with Crippen LogP contribution in [-0.2, 0) is 4.79 Å². The van der Waals surface area contributed by atoms with E-state index in [1.165, 1.54) is 11.8 Å². The predicted molar refractivity (Wildman–Crippen MR) is 141 cm³/mol. The van der Waals surface area contributed by atoms with Gasteiger partial charge in [-0.25, -0.2) is 9.37 Å². The summed E-state index contributed by atoms with van der Waals surface area (Å²) in [5.41, 5.74) is 2.31. The van der Waals surface area contributed by atoms with Gasteiger partial charge in [0, 0.05) is 43.9 Å². The van der Waals surface area contributed by atoms with E-state index in [0.717, 1.165) is 69.5 Å². The number of piperidine rings is 1. The molecule has 1 saturated carbocycles. The average molecular weight is 505 g/mol. The minimum Gasteiger partial charge on any atom is -0.480 e. The fourth-order valence-corrected chi connectivity index (χ4v) is 6.98. The van der Waals surface area contributed by atoms with Crippen molar-refractivity contribution in [3.63, 3.8) is 0 Å². The number of benzene rings is 1. The third-order valence-corrected chi connectivity index (χ3v) is 9.59. The van der Waals surface area contributed by atoms with E-state index in [4.69, 9.17) is 4.98 Å². The van der Waals surface area contributed by atoms with Crippen LogP contribution >= 0.6 is 0 Å². The number of likely N-dealkylation sites (tertiary alicyclic amines) is 2. The summed E-state index contributed by atoms with van der Waals surface area (Å²) in [7, 11) is 0. The highest BCUT2D eigenvalue weighted by atomic mass is 19.1. The van der Waals surface area contributed by atoms with Gasteiger partial charge >= 0.3 is 5.97 Å². The summed E-state index contributed by atoms with van der Waals surface area (Å²) in [4.78, 5) is 22.2. The van der Waals surface area contributed by atoms with E-state index in [0.29, 0.717) is 12.5 Å². The van der Waals surface area contributed by atoms with Crippen molar-refractivity contribution < 1.29 is 14.3 Å². The molecule has 37 heavy (non-hydrogen) atoms. The number of aromatic nitrogens is 2. The maximum Gasteiger partial charge on any atom is 0.324 e. The Morgan fingerprint density at radius 2 is 1.92 bits per heavy atom. The molecule has 196 valence electrons. The van der Waals surface area contributed by atoms with Crippen LogP contribution in [0.5, 0.6) is 0 Å². The molecule has 3 aromatic rings. The van der Waals surface area contributed by atoms with Gasteiger partial charge in [-0.3, -0.25) is 9.69 Å².